The summed E-state index contributed by atoms with van der Waals surface area (Å²) in [5.41, 5.74) is 7.16. The van der Waals surface area contributed by atoms with Gasteiger partial charge in [0.2, 0.25) is 5.91 Å². The molecule has 1 saturated heterocycles. The number of hydrogen-bond donors (Lipinski definition) is 3. The first kappa shape index (κ1) is 19.4. The molecule has 23 heavy (non-hydrogen) atoms. The van der Waals surface area contributed by atoms with Gasteiger partial charge in [-0.2, -0.15) is 0 Å². The van der Waals surface area contributed by atoms with Gasteiger partial charge in [-0.25, -0.2) is 0 Å². The highest BCUT2D eigenvalue weighted by Gasteiger charge is 2.29. The number of benzene rings is 1. The van der Waals surface area contributed by atoms with Crippen molar-refractivity contribution in [3.8, 4) is 0 Å². The smallest absolute Gasteiger partial charge is 0.251 e. The Morgan fingerprint density at radius 2 is 2.13 bits per heavy atom. The van der Waals surface area contributed by atoms with Gasteiger partial charge in [-0.3, -0.25) is 9.59 Å². The molecule has 0 unspecified atom stereocenters. The van der Waals surface area contributed by atoms with Crippen LogP contribution in [0.2, 0.25) is 0 Å². The van der Waals surface area contributed by atoms with Crippen molar-refractivity contribution in [2.45, 2.75) is 31.5 Å². The normalized spacial score (nSPS) is 19.7. The lowest BCUT2D eigenvalue weighted by molar-refractivity contribution is -0.131. The SMILES string of the molecule is CNC(=O)c1cccc(CCNC(=O)[C@@H]2CC[C@H](CN)O2)c1.Cl. The Balaban J connectivity index is 0.00000264. The highest BCUT2D eigenvalue weighted by Crippen LogP contribution is 2.18. The summed E-state index contributed by atoms with van der Waals surface area (Å²) < 4.78 is 5.55. The first-order valence-electron chi connectivity index (χ1n) is 7.58. The number of ether oxygens (including phenoxy) is 1. The second-order valence-corrected chi connectivity index (χ2v) is 5.38. The quantitative estimate of drug-likeness (QED) is 0.707. The van der Waals surface area contributed by atoms with Crippen molar-refractivity contribution in [3.05, 3.63) is 35.4 Å². The third-order valence-electron chi connectivity index (χ3n) is 3.79. The van der Waals surface area contributed by atoms with Gasteiger partial charge in [-0.05, 0) is 37.0 Å². The van der Waals surface area contributed by atoms with Crippen molar-refractivity contribution in [1.82, 2.24) is 10.6 Å². The molecule has 0 aromatic heterocycles. The lowest BCUT2D eigenvalue weighted by atomic mass is 10.1. The van der Waals surface area contributed by atoms with Crippen LogP contribution in [0.1, 0.15) is 28.8 Å². The van der Waals surface area contributed by atoms with E-state index < -0.39 is 0 Å². The molecule has 0 aliphatic carbocycles. The van der Waals surface area contributed by atoms with Gasteiger partial charge in [-0.1, -0.05) is 12.1 Å². The number of amides is 2. The summed E-state index contributed by atoms with van der Waals surface area (Å²) in [6.45, 7) is 0.971. The van der Waals surface area contributed by atoms with Crippen molar-refractivity contribution >= 4 is 24.2 Å². The predicted molar refractivity (Wildman–Crippen MR) is 90.7 cm³/mol. The molecule has 0 spiro atoms. The third-order valence-corrected chi connectivity index (χ3v) is 3.79. The Morgan fingerprint density at radius 3 is 2.78 bits per heavy atom. The van der Waals surface area contributed by atoms with E-state index in [1.807, 2.05) is 18.2 Å². The lowest BCUT2D eigenvalue weighted by Crippen LogP contribution is -2.36. The van der Waals surface area contributed by atoms with E-state index >= 15 is 0 Å². The molecule has 6 nitrogen and oxygen atoms in total. The second kappa shape index (κ2) is 9.50. The van der Waals surface area contributed by atoms with Crippen LogP contribution in [0.4, 0.5) is 0 Å². The first-order valence-corrected chi connectivity index (χ1v) is 7.58. The van der Waals surface area contributed by atoms with Crippen molar-refractivity contribution in [2.75, 3.05) is 20.1 Å². The van der Waals surface area contributed by atoms with Crippen LogP contribution in [0.5, 0.6) is 0 Å². The summed E-state index contributed by atoms with van der Waals surface area (Å²) >= 11 is 0. The number of hydrogen-bond acceptors (Lipinski definition) is 4. The molecule has 0 bridgehead atoms. The van der Waals surface area contributed by atoms with Crippen molar-refractivity contribution < 1.29 is 14.3 Å². The maximum absolute atomic E-state index is 12.0. The van der Waals surface area contributed by atoms with E-state index in [-0.39, 0.29) is 36.4 Å². The van der Waals surface area contributed by atoms with Crippen LogP contribution in [0.3, 0.4) is 0 Å². The second-order valence-electron chi connectivity index (χ2n) is 5.38. The Hall–Kier alpha value is -1.63. The summed E-state index contributed by atoms with van der Waals surface area (Å²) in [4.78, 5) is 23.6. The molecule has 0 saturated carbocycles. The van der Waals surface area contributed by atoms with Crippen LogP contribution < -0.4 is 16.4 Å². The minimum absolute atomic E-state index is 0. The molecule has 1 heterocycles. The van der Waals surface area contributed by atoms with Gasteiger partial charge in [0.25, 0.3) is 5.91 Å². The minimum atomic E-state index is -0.384. The Morgan fingerprint density at radius 1 is 1.35 bits per heavy atom. The summed E-state index contributed by atoms with van der Waals surface area (Å²) in [6.07, 6.45) is 1.84. The van der Waals surface area contributed by atoms with Crippen LogP contribution in [0, 0.1) is 0 Å². The lowest BCUT2D eigenvalue weighted by Gasteiger charge is -2.12. The maximum atomic E-state index is 12.0. The Bertz CT molecular complexity index is 539. The first-order chi connectivity index (χ1) is 10.6. The molecule has 1 aromatic rings. The average molecular weight is 342 g/mol. The zero-order valence-electron chi connectivity index (χ0n) is 13.2. The van der Waals surface area contributed by atoms with E-state index in [1.165, 1.54) is 0 Å². The molecule has 2 atom stereocenters. The van der Waals surface area contributed by atoms with Crippen LogP contribution in [0.15, 0.2) is 24.3 Å². The number of nitrogens with one attached hydrogen (secondary N) is 2. The topological polar surface area (TPSA) is 93.5 Å². The maximum Gasteiger partial charge on any atom is 0.251 e. The molecule has 2 rings (SSSR count). The molecule has 1 aliphatic rings. The van der Waals surface area contributed by atoms with Gasteiger partial charge in [0, 0.05) is 25.7 Å². The summed E-state index contributed by atoms with van der Waals surface area (Å²) in [5, 5.41) is 5.47. The van der Waals surface area contributed by atoms with Gasteiger partial charge in [0.1, 0.15) is 6.10 Å². The van der Waals surface area contributed by atoms with E-state index in [4.69, 9.17) is 10.5 Å². The fourth-order valence-corrected chi connectivity index (χ4v) is 2.53. The number of carbonyl (C=O) groups excluding carboxylic acids is 2. The van der Waals surface area contributed by atoms with E-state index in [9.17, 15) is 9.59 Å². The van der Waals surface area contributed by atoms with E-state index in [0.29, 0.717) is 25.1 Å². The zero-order valence-corrected chi connectivity index (χ0v) is 14.0. The number of halogens is 1. The van der Waals surface area contributed by atoms with Crippen molar-refractivity contribution in [1.29, 1.82) is 0 Å². The number of nitrogens with two attached hydrogens (primary N) is 1. The van der Waals surface area contributed by atoms with Crippen LogP contribution in [-0.4, -0.2) is 44.2 Å². The molecule has 1 fully saturated rings. The molecule has 2 amide bonds. The molecular formula is C16H24ClN3O3. The summed E-state index contributed by atoms with van der Waals surface area (Å²) in [5.74, 6) is -0.198. The highest BCUT2D eigenvalue weighted by molar-refractivity contribution is 5.94. The molecule has 7 heteroatoms. The third kappa shape index (κ3) is 5.49. The summed E-state index contributed by atoms with van der Waals surface area (Å²) in [7, 11) is 1.60. The van der Waals surface area contributed by atoms with Gasteiger partial charge < -0.3 is 21.1 Å². The van der Waals surface area contributed by atoms with Gasteiger partial charge >= 0.3 is 0 Å². The standard InChI is InChI=1S/C16H23N3O3.ClH/c1-18-15(20)12-4-2-3-11(9-12)7-8-19-16(21)14-6-5-13(10-17)22-14;/h2-4,9,13-14H,5-8,10,17H2,1H3,(H,18,20)(H,19,21);1H/t13-,14+;/m1./s1. The number of rotatable bonds is 6. The molecular weight excluding hydrogens is 318 g/mol. The fourth-order valence-electron chi connectivity index (χ4n) is 2.53. The molecule has 1 aliphatic heterocycles. The van der Waals surface area contributed by atoms with Gasteiger partial charge in [0.15, 0.2) is 0 Å². The van der Waals surface area contributed by atoms with Crippen LogP contribution in [-0.2, 0) is 16.0 Å². The monoisotopic (exact) mass is 341 g/mol. The van der Waals surface area contributed by atoms with Gasteiger partial charge in [-0.15, -0.1) is 12.4 Å². The fraction of sp³-hybridized carbons (Fsp3) is 0.500. The summed E-state index contributed by atoms with van der Waals surface area (Å²) in [6, 6.07) is 7.38. The minimum Gasteiger partial charge on any atom is -0.364 e. The Labute approximate surface area is 142 Å². The molecule has 128 valence electrons. The van der Waals surface area contributed by atoms with Crippen LogP contribution >= 0.6 is 12.4 Å². The van der Waals surface area contributed by atoms with E-state index in [1.54, 1.807) is 13.1 Å². The largest absolute Gasteiger partial charge is 0.364 e. The van der Waals surface area contributed by atoms with Crippen LogP contribution in [0.25, 0.3) is 0 Å². The van der Waals surface area contributed by atoms with E-state index in [0.717, 1.165) is 18.4 Å². The molecule has 0 radical (unpaired) electrons. The number of carbonyl (C=O) groups is 2. The highest BCUT2D eigenvalue weighted by atomic mass is 35.5. The zero-order chi connectivity index (χ0) is 15.9. The predicted octanol–water partition coefficient (Wildman–Crippen LogP) is 0.633. The van der Waals surface area contributed by atoms with Crippen molar-refractivity contribution in [2.24, 2.45) is 5.73 Å². The van der Waals surface area contributed by atoms with Crippen molar-refractivity contribution in [3.63, 3.8) is 0 Å². The van der Waals surface area contributed by atoms with Gasteiger partial charge in [0.05, 0.1) is 6.10 Å². The Kier molecular flexibility index (Phi) is 8.02. The molecule has 1 aromatic carbocycles. The molecule has 4 N–H and O–H groups in total. The average Bonchev–Trinajstić information content (AvgIpc) is 3.03. The van der Waals surface area contributed by atoms with E-state index in [2.05, 4.69) is 10.6 Å².